The molecule has 116 valence electrons. The van der Waals surface area contributed by atoms with Crippen molar-refractivity contribution in [2.45, 2.75) is 13.1 Å². The fraction of sp³-hybridized carbons (Fsp3) is 0.529. The van der Waals surface area contributed by atoms with E-state index in [-0.39, 0.29) is 0 Å². The van der Waals surface area contributed by atoms with Crippen LogP contribution in [0, 0.1) is 11.8 Å². The molecule has 0 saturated carbocycles. The molecule has 2 saturated heterocycles. The average Bonchev–Trinajstić information content (AvgIpc) is 3.16. The number of aryl methyl sites for hydroxylation is 1. The molecule has 0 aromatic carbocycles. The second-order valence-electron chi connectivity index (χ2n) is 6.79. The largest absolute Gasteiger partial charge is 0.298 e. The molecule has 0 spiro atoms. The first kappa shape index (κ1) is 13.9. The third kappa shape index (κ3) is 2.91. The third-order valence-electron chi connectivity index (χ3n) is 4.93. The molecular formula is C17H23N5. The number of aromatic nitrogens is 3. The Morgan fingerprint density at radius 2 is 1.68 bits per heavy atom. The van der Waals surface area contributed by atoms with Crippen LogP contribution in [0.1, 0.15) is 11.1 Å². The minimum atomic E-state index is 0.827. The lowest BCUT2D eigenvalue weighted by Crippen LogP contribution is -2.28. The van der Waals surface area contributed by atoms with Gasteiger partial charge in [-0.15, -0.1) is 0 Å². The van der Waals surface area contributed by atoms with Gasteiger partial charge in [0.15, 0.2) is 0 Å². The lowest BCUT2D eigenvalue weighted by atomic mass is 10.0. The van der Waals surface area contributed by atoms with Crippen LogP contribution in [0.5, 0.6) is 0 Å². The number of rotatable bonds is 4. The van der Waals surface area contributed by atoms with Crippen LogP contribution in [0.25, 0.3) is 0 Å². The number of hydrogen-bond donors (Lipinski definition) is 0. The summed E-state index contributed by atoms with van der Waals surface area (Å²) in [7, 11) is 1.98. The Morgan fingerprint density at radius 3 is 2.23 bits per heavy atom. The molecule has 2 atom stereocenters. The summed E-state index contributed by atoms with van der Waals surface area (Å²) in [5.41, 5.74) is 2.66. The van der Waals surface area contributed by atoms with Crippen molar-refractivity contribution in [1.29, 1.82) is 0 Å². The molecule has 0 N–H and O–H groups in total. The van der Waals surface area contributed by atoms with Gasteiger partial charge in [0.25, 0.3) is 0 Å². The summed E-state index contributed by atoms with van der Waals surface area (Å²) in [4.78, 5) is 9.40. The summed E-state index contributed by atoms with van der Waals surface area (Å²) in [6, 6.07) is 4.21. The molecule has 4 heterocycles. The van der Waals surface area contributed by atoms with Crippen LogP contribution in [0.15, 0.2) is 36.9 Å². The minimum Gasteiger partial charge on any atom is -0.298 e. The highest BCUT2D eigenvalue weighted by Crippen LogP contribution is 2.32. The molecule has 0 unspecified atom stereocenters. The van der Waals surface area contributed by atoms with Crippen molar-refractivity contribution >= 4 is 0 Å². The van der Waals surface area contributed by atoms with Gasteiger partial charge in [0.2, 0.25) is 0 Å². The van der Waals surface area contributed by atoms with Gasteiger partial charge in [-0.3, -0.25) is 19.5 Å². The molecule has 5 heteroatoms. The fourth-order valence-electron chi connectivity index (χ4n) is 4.01. The highest BCUT2D eigenvalue weighted by molar-refractivity contribution is 5.09. The SMILES string of the molecule is Cn1cc(CN2C[C@@H]3CN(Cc4cccnc4)C[C@H]3C2)cn1. The smallest absolute Gasteiger partial charge is 0.0534 e. The number of hydrogen-bond acceptors (Lipinski definition) is 4. The van der Waals surface area contributed by atoms with E-state index >= 15 is 0 Å². The van der Waals surface area contributed by atoms with E-state index in [0.29, 0.717) is 0 Å². The van der Waals surface area contributed by atoms with E-state index in [4.69, 9.17) is 0 Å². The van der Waals surface area contributed by atoms with E-state index < -0.39 is 0 Å². The van der Waals surface area contributed by atoms with E-state index in [2.05, 4.69) is 32.1 Å². The third-order valence-corrected chi connectivity index (χ3v) is 4.93. The molecule has 2 aromatic heterocycles. The first-order valence-electron chi connectivity index (χ1n) is 8.07. The van der Waals surface area contributed by atoms with Crippen LogP contribution in [0.2, 0.25) is 0 Å². The molecule has 22 heavy (non-hydrogen) atoms. The summed E-state index contributed by atoms with van der Waals surface area (Å²) in [5.74, 6) is 1.65. The summed E-state index contributed by atoms with van der Waals surface area (Å²) in [6.07, 6.45) is 7.95. The Hall–Kier alpha value is -1.72. The minimum absolute atomic E-state index is 0.827. The Kier molecular flexibility index (Phi) is 3.68. The predicted molar refractivity (Wildman–Crippen MR) is 85.0 cm³/mol. The lowest BCUT2D eigenvalue weighted by molar-refractivity contribution is 0.246. The van der Waals surface area contributed by atoms with Crippen LogP contribution in [0.3, 0.4) is 0 Å². The zero-order valence-corrected chi connectivity index (χ0v) is 13.1. The van der Waals surface area contributed by atoms with Crippen molar-refractivity contribution in [2.75, 3.05) is 26.2 Å². The summed E-state index contributed by atoms with van der Waals surface area (Å²) in [6.45, 7) is 6.99. The van der Waals surface area contributed by atoms with Crippen molar-refractivity contribution in [2.24, 2.45) is 18.9 Å². The van der Waals surface area contributed by atoms with Gasteiger partial charge in [0.05, 0.1) is 6.20 Å². The van der Waals surface area contributed by atoms with Gasteiger partial charge in [-0.25, -0.2) is 0 Å². The molecule has 0 aliphatic carbocycles. The van der Waals surface area contributed by atoms with Crippen LogP contribution < -0.4 is 0 Å². The van der Waals surface area contributed by atoms with Gasteiger partial charge >= 0.3 is 0 Å². The van der Waals surface area contributed by atoms with E-state index in [1.54, 1.807) is 0 Å². The molecule has 2 aliphatic heterocycles. The first-order valence-corrected chi connectivity index (χ1v) is 8.07. The van der Waals surface area contributed by atoms with E-state index in [9.17, 15) is 0 Å². The maximum atomic E-state index is 4.27. The number of fused-ring (bicyclic) bond motifs is 1. The van der Waals surface area contributed by atoms with E-state index in [1.807, 2.05) is 36.4 Å². The van der Waals surface area contributed by atoms with Gasteiger partial charge in [-0.2, -0.15) is 5.10 Å². The molecule has 2 fully saturated rings. The van der Waals surface area contributed by atoms with Crippen LogP contribution in [0.4, 0.5) is 0 Å². The highest BCUT2D eigenvalue weighted by atomic mass is 15.3. The van der Waals surface area contributed by atoms with Crippen molar-refractivity contribution in [1.82, 2.24) is 24.6 Å². The molecule has 2 aliphatic rings. The summed E-state index contributed by atoms with van der Waals surface area (Å²) in [5, 5.41) is 4.27. The molecule has 0 radical (unpaired) electrons. The maximum absolute atomic E-state index is 4.27. The second-order valence-corrected chi connectivity index (χ2v) is 6.79. The monoisotopic (exact) mass is 297 g/mol. The zero-order valence-electron chi connectivity index (χ0n) is 13.1. The predicted octanol–water partition coefficient (Wildman–Crippen LogP) is 1.38. The van der Waals surface area contributed by atoms with Crippen LogP contribution in [-0.2, 0) is 20.1 Å². The zero-order chi connectivity index (χ0) is 14.9. The Morgan fingerprint density at radius 1 is 1.00 bits per heavy atom. The van der Waals surface area contributed by atoms with Gasteiger partial charge < -0.3 is 0 Å². The number of nitrogens with zero attached hydrogens (tertiary/aromatic N) is 5. The van der Waals surface area contributed by atoms with E-state index in [1.165, 1.54) is 37.3 Å². The van der Waals surface area contributed by atoms with Gasteiger partial charge in [0, 0.05) is 70.5 Å². The number of pyridine rings is 1. The van der Waals surface area contributed by atoms with Crippen LogP contribution in [-0.4, -0.2) is 50.7 Å². The Bertz CT molecular complexity index is 609. The maximum Gasteiger partial charge on any atom is 0.0534 e. The molecule has 4 rings (SSSR count). The van der Waals surface area contributed by atoms with Crippen LogP contribution >= 0.6 is 0 Å². The Labute approximate surface area is 131 Å². The summed E-state index contributed by atoms with van der Waals surface area (Å²) < 4.78 is 1.89. The number of likely N-dealkylation sites (tertiary alicyclic amines) is 2. The van der Waals surface area contributed by atoms with Crippen molar-refractivity contribution in [3.63, 3.8) is 0 Å². The normalized spacial score (nSPS) is 25.7. The standard InChI is InChI=1S/C17H23N5/c1-20-7-15(6-19-20)9-22-12-16-10-21(11-17(16)13-22)8-14-3-2-4-18-5-14/h2-7,16-17H,8-13H2,1H3/t16-,17-/m0/s1. The van der Waals surface area contributed by atoms with Crippen molar-refractivity contribution < 1.29 is 0 Å². The van der Waals surface area contributed by atoms with Gasteiger partial charge in [0.1, 0.15) is 0 Å². The highest BCUT2D eigenvalue weighted by Gasteiger charge is 2.39. The molecule has 2 aromatic rings. The molecule has 5 nitrogen and oxygen atoms in total. The lowest BCUT2D eigenvalue weighted by Gasteiger charge is -2.20. The fourth-order valence-corrected chi connectivity index (χ4v) is 4.01. The second kappa shape index (κ2) is 5.82. The topological polar surface area (TPSA) is 37.2 Å². The molecular weight excluding hydrogens is 274 g/mol. The van der Waals surface area contributed by atoms with Crippen molar-refractivity contribution in [3.05, 3.63) is 48.0 Å². The average molecular weight is 297 g/mol. The Balaban J connectivity index is 1.31. The molecule has 0 amide bonds. The summed E-state index contributed by atoms with van der Waals surface area (Å²) >= 11 is 0. The molecule has 0 bridgehead atoms. The van der Waals surface area contributed by atoms with Crippen molar-refractivity contribution in [3.8, 4) is 0 Å². The quantitative estimate of drug-likeness (QED) is 0.854. The first-order chi connectivity index (χ1) is 10.8. The van der Waals surface area contributed by atoms with Gasteiger partial charge in [-0.1, -0.05) is 6.07 Å². The van der Waals surface area contributed by atoms with Gasteiger partial charge in [-0.05, 0) is 23.5 Å². The van der Waals surface area contributed by atoms with E-state index in [0.717, 1.165) is 24.9 Å².